The highest BCUT2D eigenvalue weighted by molar-refractivity contribution is 14.1. The molecule has 4 nitrogen and oxygen atoms in total. The number of aromatic nitrogens is 2. The maximum Gasteiger partial charge on any atom is 0.270 e. The van der Waals surface area contributed by atoms with E-state index in [9.17, 15) is 9.18 Å². The second kappa shape index (κ2) is 5.84. The Morgan fingerprint density at radius 2 is 2.00 bits per heavy atom. The first-order valence-electron chi connectivity index (χ1n) is 7.78. The topological polar surface area (TPSA) is 46.9 Å². The molecule has 3 aromatic rings. The van der Waals surface area contributed by atoms with E-state index in [2.05, 4.69) is 39.1 Å². The van der Waals surface area contributed by atoms with Crippen molar-refractivity contribution < 1.29 is 9.18 Å². The van der Waals surface area contributed by atoms with Crippen molar-refractivity contribution in [1.29, 1.82) is 0 Å². The summed E-state index contributed by atoms with van der Waals surface area (Å²) < 4.78 is 16.0. The van der Waals surface area contributed by atoms with Crippen molar-refractivity contribution in [3.05, 3.63) is 57.0 Å². The summed E-state index contributed by atoms with van der Waals surface area (Å²) in [5.41, 5.74) is 3.20. The van der Waals surface area contributed by atoms with Gasteiger partial charge in [0.25, 0.3) is 5.91 Å². The van der Waals surface area contributed by atoms with Crippen LogP contribution in [0.3, 0.4) is 0 Å². The van der Waals surface area contributed by atoms with Gasteiger partial charge < -0.3 is 5.32 Å². The molecule has 0 unspecified atom stereocenters. The minimum absolute atomic E-state index is 0.204. The molecule has 1 saturated carbocycles. The highest BCUT2D eigenvalue weighted by Gasteiger charge is 2.28. The summed E-state index contributed by atoms with van der Waals surface area (Å²) in [4.78, 5) is 12.5. The number of rotatable bonds is 3. The molecule has 4 rings (SSSR count). The Morgan fingerprint density at radius 1 is 1.29 bits per heavy atom. The average molecular weight is 435 g/mol. The second-order valence-corrected chi connectivity index (χ2v) is 7.14. The number of carbonyl (C=O) groups is 1. The quantitative estimate of drug-likeness (QED) is 0.633. The third-order valence-corrected chi connectivity index (χ3v) is 5.25. The Morgan fingerprint density at radius 3 is 2.62 bits per heavy atom. The summed E-state index contributed by atoms with van der Waals surface area (Å²) in [5, 5.41) is 8.11. The van der Waals surface area contributed by atoms with E-state index in [1.807, 2.05) is 6.07 Å². The molecule has 1 aliphatic rings. The molecule has 6 heteroatoms. The zero-order valence-electron chi connectivity index (χ0n) is 13.0. The molecule has 0 atom stereocenters. The van der Waals surface area contributed by atoms with E-state index in [0.29, 0.717) is 17.3 Å². The first kappa shape index (κ1) is 15.6. The zero-order chi connectivity index (χ0) is 16.8. The monoisotopic (exact) mass is 435 g/mol. The summed E-state index contributed by atoms with van der Waals surface area (Å²) in [6, 6.07) is 10.1. The van der Waals surface area contributed by atoms with E-state index in [-0.39, 0.29) is 11.7 Å². The lowest BCUT2D eigenvalue weighted by Crippen LogP contribution is -2.21. The van der Waals surface area contributed by atoms with Crippen molar-refractivity contribution in [2.75, 3.05) is 7.05 Å². The van der Waals surface area contributed by atoms with Gasteiger partial charge >= 0.3 is 0 Å². The molecule has 122 valence electrons. The van der Waals surface area contributed by atoms with Crippen molar-refractivity contribution in [1.82, 2.24) is 15.1 Å². The minimum Gasteiger partial charge on any atom is -0.354 e. The van der Waals surface area contributed by atoms with Crippen LogP contribution in [0.4, 0.5) is 4.39 Å². The first-order valence-corrected chi connectivity index (χ1v) is 8.86. The molecule has 1 fully saturated rings. The van der Waals surface area contributed by atoms with Crippen molar-refractivity contribution in [3.8, 4) is 5.69 Å². The van der Waals surface area contributed by atoms with Gasteiger partial charge in [-0.05, 0) is 83.3 Å². The van der Waals surface area contributed by atoms with Crippen LogP contribution in [0.2, 0.25) is 0 Å². The number of hydrogen-bond acceptors (Lipinski definition) is 2. The van der Waals surface area contributed by atoms with Gasteiger partial charge in [-0.15, -0.1) is 0 Å². The minimum atomic E-state index is -0.317. The summed E-state index contributed by atoms with van der Waals surface area (Å²) >= 11 is 2.33. The normalized spacial score (nSPS) is 14.1. The smallest absolute Gasteiger partial charge is 0.270 e. The van der Waals surface area contributed by atoms with Gasteiger partial charge in [-0.1, -0.05) is 0 Å². The number of halogens is 2. The molecule has 1 amide bonds. The highest BCUT2D eigenvalue weighted by Crippen LogP contribution is 2.43. The Hall–Kier alpha value is -1.96. The van der Waals surface area contributed by atoms with Crippen LogP contribution in [0, 0.1) is 9.39 Å². The van der Waals surface area contributed by atoms with Gasteiger partial charge in [0.05, 0.1) is 11.2 Å². The maximum atomic E-state index is 13.2. The summed E-state index contributed by atoms with van der Waals surface area (Å²) in [6.07, 6.45) is 2.39. The Balaban J connectivity index is 1.98. The molecule has 2 aromatic carbocycles. The van der Waals surface area contributed by atoms with E-state index in [1.165, 1.54) is 34.1 Å². The van der Waals surface area contributed by atoms with Crippen molar-refractivity contribution in [3.63, 3.8) is 0 Å². The van der Waals surface area contributed by atoms with Crippen molar-refractivity contribution in [2.45, 2.75) is 18.8 Å². The van der Waals surface area contributed by atoms with Gasteiger partial charge in [0, 0.05) is 16.0 Å². The van der Waals surface area contributed by atoms with Crippen molar-refractivity contribution in [2.24, 2.45) is 0 Å². The molecular weight excluding hydrogens is 420 g/mol. The van der Waals surface area contributed by atoms with Gasteiger partial charge in [-0.2, -0.15) is 5.10 Å². The SMILES string of the molecule is CNC(=O)c1c2cc(C3CC3)c(I)cc2nn1-c1ccc(F)cc1. The predicted molar refractivity (Wildman–Crippen MR) is 99.1 cm³/mol. The number of fused-ring (bicyclic) bond motifs is 1. The number of nitrogens with one attached hydrogen (secondary N) is 1. The fourth-order valence-electron chi connectivity index (χ4n) is 2.94. The lowest BCUT2D eigenvalue weighted by atomic mass is 10.1. The number of nitrogens with zero attached hydrogens (tertiary/aromatic N) is 2. The van der Waals surface area contributed by atoms with Crippen LogP contribution in [0.5, 0.6) is 0 Å². The summed E-state index contributed by atoms with van der Waals surface area (Å²) in [5.74, 6) is 0.0697. The van der Waals surface area contributed by atoms with Gasteiger partial charge in [0.1, 0.15) is 11.5 Å². The van der Waals surface area contributed by atoms with Crippen LogP contribution < -0.4 is 5.32 Å². The fourth-order valence-corrected chi connectivity index (χ4v) is 3.83. The standard InChI is InChI=1S/C18H15FIN3O/c1-21-18(24)17-14-8-13(10-2-3-10)15(20)9-16(14)22-23(17)12-6-4-11(19)5-7-12/h4-10H,2-3H2,1H3,(H,21,24). The highest BCUT2D eigenvalue weighted by atomic mass is 127. The Labute approximate surface area is 152 Å². The van der Waals surface area contributed by atoms with Crippen LogP contribution in [0.25, 0.3) is 16.6 Å². The van der Waals surface area contributed by atoms with Crippen molar-refractivity contribution >= 4 is 39.4 Å². The summed E-state index contributed by atoms with van der Waals surface area (Å²) in [7, 11) is 1.60. The van der Waals surface area contributed by atoms with Gasteiger partial charge in [0.15, 0.2) is 0 Å². The zero-order valence-corrected chi connectivity index (χ0v) is 15.2. The van der Waals surface area contributed by atoms with Crippen LogP contribution >= 0.6 is 22.6 Å². The molecule has 0 spiro atoms. The lowest BCUT2D eigenvalue weighted by Gasteiger charge is -2.07. The maximum absolute atomic E-state index is 13.2. The third kappa shape index (κ3) is 2.58. The molecule has 0 radical (unpaired) electrons. The van der Waals surface area contributed by atoms with E-state index < -0.39 is 0 Å². The molecule has 1 aromatic heterocycles. The van der Waals surface area contributed by atoms with Crippen LogP contribution in [0.1, 0.15) is 34.8 Å². The van der Waals surface area contributed by atoms with Crippen LogP contribution in [0.15, 0.2) is 36.4 Å². The molecule has 24 heavy (non-hydrogen) atoms. The number of benzene rings is 2. The second-order valence-electron chi connectivity index (χ2n) is 5.98. The molecular formula is C18H15FIN3O. The van der Waals surface area contributed by atoms with Gasteiger partial charge in [-0.3, -0.25) is 4.79 Å². The molecule has 1 heterocycles. The average Bonchev–Trinajstić information content (AvgIpc) is 3.35. The molecule has 0 aliphatic heterocycles. The fraction of sp³-hybridized carbons (Fsp3) is 0.222. The Kier molecular flexibility index (Phi) is 3.79. The van der Waals surface area contributed by atoms with E-state index in [1.54, 1.807) is 23.9 Å². The number of carbonyl (C=O) groups excluding carboxylic acids is 1. The predicted octanol–water partition coefficient (Wildman–Crippen LogP) is 4.01. The van der Waals surface area contributed by atoms with E-state index in [4.69, 9.17) is 0 Å². The van der Waals surface area contributed by atoms with Gasteiger partial charge in [-0.25, -0.2) is 9.07 Å². The number of amides is 1. The largest absolute Gasteiger partial charge is 0.354 e. The molecule has 1 N–H and O–H groups in total. The van der Waals surface area contributed by atoms with E-state index >= 15 is 0 Å². The Bertz CT molecular complexity index is 945. The molecule has 0 saturated heterocycles. The van der Waals surface area contributed by atoms with E-state index in [0.717, 1.165) is 10.9 Å². The van der Waals surface area contributed by atoms with Gasteiger partial charge in [0.2, 0.25) is 0 Å². The molecule has 1 aliphatic carbocycles. The number of hydrogen-bond donors (Lipinski definition) is 1. The lowest BCUT2D eigenvalue weighted by molar-refractivity contribution is 0.0957. The first-order chi connectivity index (χ1) is 11.6. The van der Waals surface area contributed by atoms with Crippen LogP contribution in [-0.4, -0.2) is 22.7 Å². The van der Waals surface area contributed by atoms with Crippen LogP contribution in [-0.2, 0) is 0 Å². The third-order valence-electron chi connectivity index (χ3n) is 4.32. The summed E-state index contributed by atoms with van der Waals surface area (Å²) in [6.45, 7) is 0. The molecule has 0 bridgehead atoms.